The van der Waals surface area contributed by atoms with Crippen molar-refractivity contribution in [1.29, 1.82) is 0 Å². The molecule has 206 valence electrons. The van der Waals surface area contributed by atoms with E-state index in [1.54, 1.807) is 37.4 Å². The van der Waals surface area contributed by atoms with Gasteiger partial charge in [0.15, 0.2) is 5.78 Å². The zero-order chi connectivity index (χ0) is 27.6. The highest BCUT2D eigenvalue weighted by Crippen LogP contribution is 2.44. The summed E-state index contributed by atoms with van der Waals surface area (Å²) in [6, 6.07) is 17.3. The molecule has 1 aromatic heterocycles. The summed E-state index contributed by atoms with van der Waals surface area (Å²) in [6.45, 7) is 6.58. The highest BCUT2D eigenvalue weighted by atomic mass is 16.5. The van der Waals surface area contributed by atoms with E-state index in [1.807, 2.05) is 12.1 Å². The normalized spacial score (nSPS) is 21.6. The summed E-state index contributed by atoms with van der Waals surface area (Å²) in [6.07, 6.45) is 5.60. The van der Waals surface area contributed by atoms with Crippen LogP contribution in [-0.2, 0) is 18.3 Å². The molecule has 6 heteroatoms. The van der Waals surface area contributed by atoms with Gasteiger partial charge in [0.25, 0.3) is 5.56 Å². The SMILES string of the molecule is COc1ccc(C)c([C@]2(Cc3[nH]c(=O)c(C(=O)c4ccccc4)cc3CCO)CCN(CC3CC3)[C@H](C)C2)c1. The molecule has 0 amide bonds. The lowest BCUT2D eigenvalue weighted by molar-refractivity contribution is 0.0959. The summed E-state index contributed by atoms with van der Waals surface area (Å²) >= 11 is 0. The van der Waals surface area contributed by atoms with Gasteiger partial charge in [-0.2, -0.15) is 0 Å². The number of aromatic amines is 1. The predicted molar refractivity (Wildman–Crippen MR) is 154 cm³/mol. The van der Waals surface area contributed by atoms with Gasteiger partial charge in [-0.15, -0.1) is 0 Å². The molecule has 1 aliphatic carbocycles. The van der Waals surface area contributed by atoms with Gasteiger partial charge in [-0.1, -0.05) is 36.4 Å². The quantitative estimate of drug-likeness (QED) is 0.368. The van der Waals surface area contributed by atoms with Crippen molar-refractivity contribution in [2.45, 2.75) is 63.8 Å². The third-order valence-corrected chi connectivity index (χ3v) is 8.78. The first kappa shape index (κ1) is 27.4. The van der Waals surface area contributed by atoms with Crippen LogP contribution in [0.2, 0.25) is 0 Å². The maximum Gasteiger partial charge on any atom is 0.259 e. The molecule has 0 spiro atoms. The number of ether oxygens (including phenoxy) is 1. The first-order valence-electron chi connectivity index (χ1n) is 14.2. The van der Waals surface area contributed by atoms with E-state index in [1.165, 1.54) is 24.0 Å². The van der Waals surface area contributed by atoms with Crippen LogP contribution in [-0.4, -0.2) is 53.6 Å². The Hall–Kier alpha value is -3.22. The number of likely N-dealkylation sites (tertiary alicyclic amines) is 1. The monoisotopic (exact) mass is 528 g/mol. The van der Waals surface area contributed by atoms with Gasteiger partial charge in [0.2, 0.25) is 0 Å². The molecule has 2 aliphatic rings. The van der Waals surface area contributed by atoms with E-state index in [0.717, 1.165) is 48.9 Å². The zero-order valence-electron chi connectivity index (χ0n) is 23.3. The number of H-pyrrole nitrogens is 1. The van der Waals surface area contributed by atoms with E-state index in [0.29, 0.717) is 24.4 Å². The Kier molecular flexibility index (Phi) is 8.06. The lowest BCUT2D eigenvalue weighted by Crippen LogP contribution is -2.50. The summed E-state index contributed by atoms with van der Waals surface area (Å²) in [4.78, 5) is 32.3. The number of pyridine rings is 1. The smallest absolute Gasteiger partial charge is 0.259 e. The van der Waals surface area contributed by atoms with E-state index >= 15 is 0 Å². The van der Waals surface area contributed by atoms with Gasteiger partial charge in [0.05, 0.1) is 12.7 Å². The molecule has 1 aliphatic heterocycles. The minimum Gasteiger partial charge on any atom is -0.497 e. The Morgan fingerprint density at radius 1 is 1.15 bits per heavy atom. The summed E-state index contributed by atoms with van der Waals surface area (Å²) in [7, 11) is 1.70. The summed E-state index contributed by atoms with van der Waals surface area (Å²) in [5.41, 5.74) is 4.10. The average molecular weight is 529 g/mol. The zero-order valence-corrected chi connectivity index (χ0v) is 23.3. The van der Waals surface area contributed by atoms with Crippen molar-refractivity contribution in [2.75, 3.05) is 26.8 Å². The van der Waals surface area contributed by atoms with Gasteiger partial charge in [0.1, 0.15) is 5.75 Å². The fourth-order valence-electron chi connectivity index (χ4n) is 6.44. The molecule has 2 N–H and O–H groups in total. The fourth-order valence-corrected chi connectivity index (χ4v) is 6.44. The molecule has 2 atom stereocenters. The van der Waals surface area contributed by atoms with Gasteiger partial charge >= 0.3 is 0 Å². The highest BCUT2D eigenvalue weighted by Gasteiger charge is 2.42. The summed E-state index contributed by atoms with van der Waals surface area (Å²) in [5.74, 6) is 1.36. The fraction of sp³-hybridized carbons (Fsp3) is 0.455. The van der Waals surface area contributed by atoms with Crippen LogP contribution < -0.4 is 10.3 Å². The number of carbonyl (C=O) groups is 1. The minimum atomic E-state index is -0.378. The van der Waals surface area contributed by atoms with Crippen LogP contribution in [0.15, 0.2) is 59.4 Å². The van der Waals surface area contributed by atoms with Crippen LogP contribution in [0.1, 0.15) is 70.9 Å². The van der Waals surface area contributed by atoms with Gasteiger partial charge < -0.3 is 19.7 Å². The molecular weight excluding hydrogens is 488 g/mol. The number of piperidine rings is 1. The minimum absolute atomic E-state index is 0.0607. The number of nitrogens with one attached hydrogen (secondary N) is 1. The lowest BCUT2D eigenvalue weighted by Gasteiger charge is -2.47. The van der Waals surface area contributed by atoms with Crippen molar-refractivity contribution in [3.8, 4) is 5.75 Å². The summed E-state index contributed by atoms with van der Waals surface area (Å²) in [5, 5.41) is 9.93. The van der Waals surface area contributed by atoms with E-state index < -0.39 is 0 Å². The van der Waals surface area contributed by atoms with Crippen molar-refractivity contribution in [2.24, 2.45) is 5.92 Å². The number of ketones is 1. The number of hydrogen-bond acceptors (Lipinski definition) is 5. The van der Waals surface area contributed by atoms with Gasteiger partial charge in [-0.25, -0.2) is 0 Å². The van der Waals surface area contributed by atoms with Crippen LogP contribution in [0.5, 0.6) is 5.75 Å². The maximum absolute atomic E-state index is 13.3. The van der Waals surface area contributed by atoms with Crippen molar-refractivity contribution in [3.63, 3.8) is 0 Å². The average Bonchev–Trinajstić information content (AvgIpc) is 3.76. The van der Waals surface area contributed by atoms with Crippen LogP contribution in [0, 0.1) is 12.8 Å². The molecule has 1 saturated heterocycles. The van der Waals surface area contributed by atoms with E-state index in [-0.39, 0.29) is 28.9 Å². The second-order valence-corrected chi connectivity index (χ2v) is 11.6. The van der Waals surface area contributed by atoms with E-state index in [2.05, 4.69) is 35.9 Å². The molecule has 1 saturated carbocycles. The van der Waals surface area contributed by atoms with Gasteiger partial charge in [-0.3, -0.25) is 9.59 Å². The Balaban J connectivity index is 1.55. The molecule has 0 radical (unpaired) electrons. The number of aryl methyl sites for hydroxylation is 1. The molecule has 39 heavy (non-hydrogen) atoms. The number of benzene rings is 2. The number of aromatic nitrogens is 1. The molecule has 0 bridgehead atoms. The number of hydrogen-bond donors (Lipinski definition) is 2. The van der Waals surface area contributed by atoms with Crippen LogP contribution in [0.3, 0.4) is 0 Å². The lowest BCUT2D eigenvalue weighted by atomic mass is 9.66. The Morgan fingerprint density at radius 2 is 1.92 bits per heavy atom. The van der Waals surface area contributed by atoms with Crippen LogP contribution in [0.4, 0.5) is 0 Å². The van der Waals surface area contributed by atoms with Crippen molar-refractivity contribution < 1.29 is 14.6 Å². The maximum atomic E-state index is 13.3. The molecule has 3 aromatic rings. The number of methoxy groups -OCH3 is 1. The van der Waals surface area contributed by atoms with Crippen molar-refractivity contribution in [3.05, 3.63) is 98.5 Å². The Morgan fingerprint density at radius 3 is 2.59 bits per heavy atom. The van der Waals surface area contributed by atoms with Crippen molar-refractivity contribution >= 4 is 5.78 Å². The van der Waals surface area contributed by atoms with Gasteiger partial charge in [0, 0.05) is 35.9 Å². The standard InChI is InChI=1S/C33H40N2O4/c1-22-9-12-27(39-3)18-29(22)33(14-15-35(23(2)19-33)21-24-10-11-24)20-30-26(13-16-36)17-28(32(38)34-30)31(37)25-7-5-4-6-8-25/h4-9,12,17-18,23-24,36H,10-11,13-16,19-21H2,1-3H3,(H,34,38)/t23-,33-/m1/s1. The number of aliphatic hydroxyl groups excluding tert-OH is 1. The number of nitrogens with zero attached hydrogens (tertiary/aromatic N) is 1. The van der Waals surface area contributed by atoms with E-state index in [9.17, 15) is 14.7 Å². The second kappa shape index (κ2) is 11.5. The third-order valence-electron chi connectivity index (χ3n) is 8.78. The topological polar surface area (TPSA) is 82.6 Å². The molecule has 6 nitrogen and oxygen atoms in total. The van der Waals surface area contributed by atoms with E-state index in [4.69, 9.17) is 4.74 Å². The first-order chi connectivity index (χ1) is 18.8. The number of rotatable bonds is 10. The molecule has 0 unspecified atom stereocenters. The molecule has 5 rings (SSSR count). The molecule has 2 aromatic carbocycles. The first-order valence-corrected chi connectivity index (χ1v) is 14.2. The highest BCUT2D eigenvalue weighted by molar-refractivity contribution is 6.08. The predicted octanol–water partition coefficient (Wildman–Crippen LogP) is 4.83. The second-order valence-electron chi connectivity index (χ2n) is 11.6. The van der Waals surface area contributed by atoms with Crippen molar-refractivity contribution in [1.82, 2.24) is 9.88 Å². The molecule has 2 heterocycles. The van der Waals surface area contributed by atoms with Gasteiger partial charge in [-0.05, 0) is 99.7 Å². The molecular formula is C33H40N2O4. The van der Waals surface area contributed by atoms with Crippen LogP contribution >= 0.6 is 0 Å². The third kappa shape index (κ3) is 5.87. The molecule has 2 fully saturated rings. The Bertz CT molecular complexity index is 1380. The summed E-state index contributed by atoms with van der Waals surface area (Å²) < 4.78 is 5.63. The Labute approximate surface area is 231 Å². The van der Waals surface area contributed by atoms with Crippen LogP contribution in [0.25, 0.3) is 0 Å². The number of carbonyl (C=O) groups excluding carboxylic acids is 1. The largest absolute Gasteiger partial charge is 0.497 e. The number of aliphatic hydroxyl groups is 1.